The van der Waals surface area contributed by atoms with E-state index in [1.165, 1.54) is 17.8 Å². The SMILES string of the molecule is O=[N+]([O-])c1cc2nc(Cl)c(Cl)nc2cc1Sc1ccncc1. The second-order valence-electron chi connectivity index (χ2n) is 4.16. The Morgan fingerprint density at radius 1 is 1.05 bits per heavy atom. The van der Waals surface area contributed by atoms with Crippen LogP contribution in [0.15, 0.2) is 46.5 Å². The number of nitro benzene ring substituents is 1. The van der Waals surface area contributed by atoms with E-state index < -0.39 is 4.92 Å². The number of pyridine rings is 1. The van der Waals surface area contributed by atoms with E-state index in [9.17, 15) is 10.1 Å². The maximum absolute atomic E-state index is 11.3. The van der Waals surface area contributed by atoms with E-state index in [1.54, 1.807) is 30.6 Å². The number of nitrogens with zero attached hydrogens (tertiary/aromatic N) is 4. The van der Waals surface area contributed by atoms with Crippen molar-refractivity contribution in [2.45, 2.75) is 9.79 Å². The number of hydrogen-bond donors (Lipinski definition) is 0. The first-order chi connectivity index (χ1) is 10.5. The molecule has 22 heavy (non-hydrogen) atoms. The molecule has 0 N–H and O–H groups in total. The van der Waals surface area contributed by atoms with Gasteiger partial charge in [-0.2, -0.15) is 0 Å². The highest BCUT2D eigenvalue weighted by Crippen LogP contribution is 2.37. The third-order valence-electron chi connectivity index (χ3n) is 2.74. The normalized spacial score (nSPS) is 10.8. The topological polar surface area (TPSA) is 81.8 Å². The zero-order chi connectivity index (χ0) is 15.7. The van der Waals surface area contributed by atoms with Gasteiger partial charge in [0, 0.05) is 23.4 Å². The van der Waals surface area contributed by atoms with E-state index >= 15 is 0 Å². The molecule has 0 spiro atoms. The predicted octanol–water partition coefficient (Wildman–Crippen LogP) is 4.39. The van der Waals surface area contributed by atoms with Crippen LogP contribution < -0.4 is 0 Å². The first-order valence-electron chi connectivity index (χ1n) is 5.93. The minimum atomic E-state index is -0.465. The lowest BCUT2D eigenvalue weighted by molar-refractivity contribution is -0.387. The number of benzene rings is 1. The number of halogens is 2. The Morgan fingerprint density at radius 3 is 2.23 bits per heavy atom. The quantitative estimate of drug-likeness (QED) is 0.513. The highest BCUT2D eigenvalue weighted by atomic mass is 35.5. The van der Waals surface area contributed by atoms with Crippen LogP contribution in [0.2, 0.25) is 10.3 Å². The minimum Gasteiger partial charge on any atom is -0.265 e. The van der Waals surface area contributed by atoms with E-state index in [1.807, 2.05) is 0 Å². The van der Waals surface area contributed by atoms with Gasteiger partial charge in [0.15, 0.2) is 10.3 Å². The highest BCUT2D eigenvalue weighted by molar-refractivity contribution is 7.99. The van der Waals surface area contributed by atoms with Gasteiger partial charge in [0.05, 0.1) is 20.9 Å². The lowest BCUT2D eigenvalue weighted by atomic mass is 10.2. The third-order valence-corrected chi connectivity index (χ3v) is 4.42. The lowest BCUT2D eigenvalue weighted by Crippen LogP contribution is -1.94. The van der Waals surface area contributed by atoms with Gasteiger partial charge in [-0.05, 0) is 18.2 Å². The lowest BCUT2D eigenvalue weighted by Gasteiger charge is -2.05. The van der Waals surface area contributed by atoms with Gasteiger partial charge in [-0.15, -0.1) is 0 Å². The molecule has 0 fully saturated rings. The van der Waals surface area contributed by atoms with Gasteiger partial charge in [0.2, 0.25) is 0 Å². The fourth-order valence-corrected chi connectivity index (χ4v) is 2.97. The van der Waals surface area contributed by atoms with Crippen molar-refractivity contribution in [2.24, 2.45) is 0 Å². The van der Waals surface area contributed by atoms with Gasteiger partial charge in [0.1, 0.15) is 0 Å². The maximum Gasteiger partial charge on any atom is 0.285 e. The van der Waals surface area contributed by atoms with Gasteiger partial charge in [-0.3, -0.25) is 15.1 Å². The van der Waals surface area contributed by atoms with Crippen LogP contribution in [0, 0.1) is 10.1 Å². The monoisotopic (exact) mass is 352 g/mol. The van der Waals surface area contributed by atoms with Crippen molar-refractivity contribution in [3.63, 3.8) is 0 Å². The first-order valence-corrected chi connectivity index (χ1v) is 7.51. The van der Waals surface area contributed by atoms with Gasteiger partial charge in [-0.25, -0.2) is 9.97 Å². The van der Waals surface area contributed by atoms with Crippen molar-refractivity contribution < 1.29 is 4.92 Å². The third kappa shape index (κ3) is 2.96. The number of hydrogen-bond acceptors (Lipinski definition) is 6. The summed E-state index contributed by atoms with van der Waals surface area (Å²) in [6.45, 7) is 0. The molecule has 9 heteroatoms. The summed E-state index contributed by atoms with van der Waals surface area (Å²) >= 11 is 12.9. The van der Waals surface area contributed by atoms with Crippen molar-refractivity contribution in [3.8, 4) is 0 Å². The molecule has 0 radical (unpaired) electrons. The molecule has 0 aliphatic carbocycles. The van der Waals surface area contributed by atoms with Crippen molar-refractivity contribution in [1.29, 1.82) is 0 Å². The standard InChI is InChI=1S/C13H6Cl2N4O2S/c14-12-13(15)18-9-6-11(22-7-1-3-16-4-2-7)10(19(20)21)5-8(9)17-12/h1-6H. The molecule has 6 nitrogen and oxygen atoms in total. The largest absolute Gasteiger partial charge is 0.285 e. The van der Waals surface area contributed by atoms with E-state index in [0.29, 0.717) is 15.9 Å². The van der Waals surface area contributed by atoms with Gasteiger partial charge >= 0.3 is 0 Å². The summed E-state index contributed by atoms with van der Waals surface area (Å²) in [4.78, 5) is 24.1. The number of rotatable bonds is 3. The zero-order valence-corrected chi connectivity index (χ0v) is 13.1. The molecule has 0 saturated heterocycles. The zero-order valence-electron chi connectivity index (χ0n) is 10.7. The Labute approximate surface area is 138 Å². The molecule has 0 amide bonds. The Hall–Kier alpha value is -1.96. The summed E-state index contributed by atoms with van der Waals surface area (Å²) in [5.41, 5.74) is 0.693. The number of fused-ring (bicyclic) bond motifs is 1. The van der Waals surface area contributed by atoms with Crippen LogP contribution in [0.5, 0.6) is 0 Å². The smallest absolute Gasteiger partial charge is 0.265 e. The van der Waals surface area contributed by atoms with Crippen LogP contribution in [0.1, 0.15) is 0 Å². The van der Waals surface area contributed by atoms with Gasteiger partial charge in [0.25, 0.3) is 5.69 Å². The number of nitro groups is 1. The molecular formula is C13H6Cl2N4O2S. The molecule has 3 aromatic rings. The Kier molecular flexibility index (Phi) is 4.10. The molecule has 0 saturated carbocycles. The van der Waals surface area contributed by atoms with E-state index in [-0.39, 0.29) is 16.0 Å². The molecule has 0 atom stereocenters. The summed E-state index contributed by atoms with van der Waals surface area (Å²) in [5.74, 6) is 0. The maximum atomic E-state index is 11.3. The Morgan fingerprint density at radius 2 is 1.64 bits per heavy atom. The predicted molar refractivity (Wildman–Crippen MR) is 84.6 cm³/mol. The molecule has 0 aliphatic heterocycles. The molecule has 0 aliphatic rings. The Bertz CT molecular complexity index is 877. The van der Waals surface area contributed by atoms with E-state index in [2.05, 4.69) is 15.0 Å². The van der Waals surface area contributed by atoms with Crippen LogP contribution in [0.4, 0.5) is 5.69 Å². The van der Waals surface area contributed by atoms with Gasteiger partial charge in [-0.1, -0.05) is 35.0 Å². The molecule has 3 rings (SSSR count). The van der Waals surface area contributed by atoms with Crippen molar-refractivity contribution in [3.05, 3.63) is 57.1 Å². The molecule has 1 aromatic carbocycles. The average Bonchev–Trinajstić information content (AvgIpc) is 2.49. The highest BCUT2D eigenvalue weighted by Gasteiger charge is 2.18. The molecular weight excluding hydrogens is 347 g/mol. The van der Waals surface area contributed by atoms with Crippen molar-refractivity contribution in [2.75, 3.05) is 0 Å². The summed E-state index contributed by atoms with van der Waals surface area (Å²) in [7, 11) is 0. The van der Waals surface area contributed by atoms with Crippen LogP contribution in [0.3, 0.4) is 0 Å². The summed E-state index contributed by atoms with van der Waals surface area (Å²) in [6, 6.07) is 6.44. The summed E-state index contributed by atoms with van der Waals surface area (Å²) < 4.78 is 0. The molecule has 0 unspecified atom stereocenters. The Balaban J connectivity index is 2.16. The fraction of sp³-hybridized carbons (Fsp3) is 0. The van der Waals surface area contributed by atoms with Crippen LogP contribution in [-0.4, -0.2) is 19.9 Å². The van der Waals surface area contributed by atoms with Crippen molar-refractivity contribution in [1.82, 2.24) is 15.0 Å². The molecule has 2 heterocycles. The second kappa shape index (κ2) is 6.04. The van der Waals surface area contributed by atoms with E-state index in [4.69, 9.17) is 23.2 Å². The van der Waals surface area contributed by atoms with Crippen LogP contribution >= 0.6 is 35.0 Å². The number of aromatic nitrogens is 3. The summed E-state index contributed by atoms with van der Waals surface area (Å²) in [5, 5.41) is 11.4. The molecule has 0 bridgehead atoms. The molecule has 2 aromatic heterocycles. The first kappa shape index (κ1) is 15.0. The second-order valence-corrected chi connectivity index (χ2v) is 5.99. The van der Waals surface area contributed by atoms with Crippen molar-refractivity contribution >= 4 is 51.7 Å². The summed E-state index contributed by atoms with van der Waals surface area (Å²) in [6.07, 6.45) is 3.23. The fourth-order valence-electron chi connectivity index (χ4n) is 1.79. The van der Waals surface area contributed by atoms with Gasteiger partial charge < -0.3 is 0 Å². The minimum absolute atomic E-state index is 0.0120. The molecule has 110 valence electrons. The van der Waals surface area contributed by atoms with E-state index in [0.717, 1.165) is 4.90 Å². The average molecular weight is 353 g/mol. The van der Waals surface area contributed by atoms with Crippen LogP contribution in [0.25, 0.3) is 11.0 Å². The van der Waals surface area contributed by atoms with Crippen LogP contribution in [-0.2, 0) is 0 Å².